The molecular weight excluding hydrogens is 1340 g/mol. The number of hydrogen-bond acceptors (Lipinski definition) is 18. The van der Waals surface area contributed by atoms with Crippen LogP contribution >= 0.6 is 0 Å². The number of esters is 4. The van der Waals surface area contributed by atoms with E-state index in [1.807, 2.05) is 20.8 Å². The lowest BCUT2D eigenvalue weighted by molar-refractivity contribution is -0.408. The minimum atomic E-state index is -6.06. The highest BCUT2D eigenvalue weighted by Crippen LogP contribution is 2.53. The largest absolute Gasteiger partial charge is 0.508 e. The number of rotatable bonds is 33. The van der Waals surface area contributed by atoms with Crippen LogP contribution in [0.3, 0.4) is 0 Å². The molecule has 18 nitrogen and oxygen atoms in total. The number of benzene rings is 1. The van der Waals surface area contributed by atoms with Crippen molar-refractivity contribution in [3.8, 4) is 11.5 Å². The zero-order valence-electron chi connectivity index (χ0n) is 56.8. The number of alkyl halides is 18. The predicted octanol–water partition coefficient (Wildman–Crippen LogP) is 14.0. The summed E-state index contributed by atoms with van der Waals surface area (Å²) in [5.74, 6) is -12.2. The van der Waals surface area contributed by atoms with E-state index in [1.165, 1.54) is 67.5 Å². The van der Waals surface area contributed by atoms with Crippen LogP contribution in [0, 0.1) is 21.7 Å². The molecule has 1 rings (SSSR count). The number of hydrogen-bond donors (Lipinski definition) is 3. The predicted molar refractivity (Wildman–Crippen MR) is 306 cm³/mol. The van der Waals surface area contributed by atoms with Crippen molar-refractivity contribution in [1.82, 2.24) is 4.90 Å². The quantitative estimate of drug-likeness (QED) is 0.0149. The van der Waals surface area contributed by atoms with Gasteiger partial charge in [-0.1, -0.05) is 27.7 Å². The molecule has 3 N–H and O–H groups in total. The fourth-order valence-electron chi connectivity index (χ4n) is 6.09. The van der Waals surface area contributed by atoms with Gasteiger partial charge in [-0.05, 0) is 133 Å². The molecule has 0 radical (unpaired) electrons. The van der Waals surface area contributed by atoms with E-state index in [1.54, 1.807) is 40.4 Å². The second kappa shape index (κ2) is 39.8. The molecule has 0 heterocycles. The number of carbonyl (C=O) groups excluding carboxylic acids is 4. The molecule has 1 aromatic carbocycles. The summed E-state index contributed by atoms with van der Waals surface area (Å²) >= 11 is 0. The molecule has 0 unspecified atom stereocenters. The summed E-state index contributed by atoms with van der Waals surface area (Å²) in [5, 5.41) is 27.6. The Morgan fingerprint density at radius 2 is 0.726 bits per heavy atom. The van der Waals surface area contributed by atoms with Crippen LogP contribution < -0.4 is 4.74 Å². The summed E-state index contributed by atoms with van der Waals surface area (Å²) in [7, 11) is 4.82. The van der Waals surface area contributed by atoms with Gasteiger partial charge in [0.2, 0.25) is 0 Å². The van der Waals surface area contributed by atoms with E-state index in [0.29, 0.717) is 80.1 Å². The van der Waals surface area contributed by atoms with Crippen LogP contribution in [0.5, 0.6) is 11.5 Å². The minimum absolute atomic E-state index is 0.137. The maximum absolute atomic E-state index is 13.0. The number of phenolic OH excluding ortho intramolecular Hbond substituents is 1. The number of nitrogens with zero attached hydrogens (tertiary/aromatic N) is 1. The zero-order chi connectivity index (χ0) is 76.1. The number of phenols is 1. The highest BCUT2D eigenvalue weighted by molar-refractivity contribution is 5.78. The Labute approximate surface area is 542 Å². The van der Waals surface area contributed by atoms with Crippen molar-refractivity contribution in [2.75, 3.05) is 87.8 Å². The van der Waals surface area contributed by atoms with Gasteiger partial charge in [0.15, 0.2) is 17.8 Å². The highest BCUT2D eigenvalue weighted by atomic mass is 19.4. The third-order valence-corrected chi connectivity index (χ3v) is 14.4. The van der Waals surface area contributed by atoms with E-state index >= 15 is 0 Å². The van der Waals surface area contributed by atoms with E-state index in [0.717, 1.165) is 26.1 Å². The van der Waals surface area contributed by atoms with Gasteiger partial charge in [0, 0.05) is 41.0 Å². The SMILES string of the molecule is CCC(C)(C)C(=O)OC(C)(C)C(O)(C(F)(F)F)C(F)(F)F.CCC(C)(C)C(=O)OC(C)(C)C(O)(C(F)(F)F)C(F)(F)F.CCC(C)(C)C(=O)OCC(F)(F)CC(F)(F)C(F)F.CCC(C)(C)C(=O)Oc1ccc(O)cc1.COCOCCN(CCOCOC)CCOCOC. The molecule has 0 saturated carbocycles. The van der Waals surface area contributed by atoms with E-state index < -0.39 is 118 Å². The lowest BCUT2D eigenvalue weighted by Gasteiger charge is -2.44. The Morgan fingerprint density at radius 3 is 0.979 bits per heavy atom. The van der Waals surface area contributed by atoms with Crippen molar-refractivity contribution >= 4 is 23.9 Å². The van der Waals surface area contributed by atoms with E-state index in [4.69, 9.17) is 38.3 Å². The van der Waals surface area contributed by atoms with Crippen molar-refractivity contribution in [3.05, 3.63) is 24.3 Å². The molecule has 0 atom stereocenters. The first-order valence-electron chi connectivity index (χ1n) is 28.8. The number of carbonyl (C=O) groups is 4. The Balaban J connectivity index is -0.000000547. The van der Waals surface area contributed by atoms with Crippen LogP contribution in [0.1, 0.15) is 143 Å². The van der Waals surface area contributed by atoms with E-state index in [9.17, 15) is 108 Å². The van der Waals surface area contributed by atoms with Gasteiger partial charge >= 0.3 is 60.9 Å². The minimum Gasteiger partial charge on any atom is -0.508 e. The smallest absolute Gasteiger partial charge is 0.430 e. The summed E-state index contributed by atoms with van der Waals surface area (Å²) in [6.45, 7) is 23.4. The molecule has 36 heteroatoms. The lowest BCUT2D eigenvalue weighted by Crippen LogP contribution is -2.70. The van der Waals surface area contributed by atoms with Gasteiger partial charge < -0.3 is 62.7 Å². The molecule has 0 aromatic heterocycles. The number of aromatic hydroxyl groups is 1. The molecule has 0 fully saturated rings. The Bertz CT molecular complexity index is 2230. The molecule has 0 saturated heterocycles. The van der Waals surface area contributed by atoms with Crippen LogP contribution in [0.25, 0.3) is 0 Å². The number of ether oxygens (including phenoxy) is 10. The topological polar surface area (TPSA) is 225 Å². The Hall–Kier alpha value is -4.72. The molecule has 0 bridgehead atoms. The second-order valence-electron chi connectivity index (χ2n) is 24.5. The maximum atomic E-state index is 13.0. The van der Waals surface area contributed by atoms with Gasteiger partial charge in [-0.2, -0.15) is 52.7 Å². The molecule has 0 aliphatic carbocycles. The Kier molecular flexibility index (Phi) is 40.5. The summed E-state index contributed by atoms with van der Waals surface area (Å²) in [4.78, 5) is 48.7. The lowest BCUT2D eigenvalue weighted by atomic mass is 9.83. The van der Waals surface area contributed by atoms with Gasteiger partial charge in [0.25, 0.3) is 17.1 Å². The first-order chi connectivity index (χ1) is 42.5. The third kappa shape index (κ3) is 32.2. The van der Waals surface area contributed by atoms with Gasteiger partial charge in [0.1, 0.15) is 31.9 Å². The molecule has 0 spiro atoms. The van der Waals surface area contributed by atoms with Crippen LogP contribution in [0.4, 0.5) is 79.0 Å². The van der Waals surface area contributed by atoms with Crippen LogP contribution in [0.2, 0.25) is 0 Å². The van der Waals surface area contributed by atoms with Crippen molar-refractivity contribution in [2.24, 2.45) is 21.7 Å². The van der Waals surface area contributed by atoms with Gasteiger partial charge in [-0.3, -0.25) is 24.1 Å². The summed E-state index contributed by atoms with van der Waals surface area (Å²) in [6.07, 6.45) is -29.5. The highest BCUT2D eigenvalue weighted by Gasteiger charge is 2.80. The van der Waals surface area contributed by atoms with Crippen molar-refractivity contribution in [2.45, 2.75) is 208 Å². The number of aliphatic hydroxyl groups is 2. The summed E-state index contributed by atoms with van der Waals surface area (Å²) in [5.41, 5.74) is -20.9. The first-order valence-corrected chi connectivity index (χ1v) is 28.8. The zero-order valence-corrected chi connectivity index (χ0v) is 56.8. The van der Waals surface area contributed by atoms with Gasteiger partial charge in [0.05, 0.1) is 47.9 Å². The molecule has 0 aliphatic rings. The standard InChI is InChI=1S/2C12H18F6O3.C12H27NO6.C12H16O3.C11H16F6O2/c2*1-6-8(2,3)7(19)21-9(4,5)10(20,11(13,14)15)12(16,17)18;1-14-10-17-7-4-13(5-8-18-11-15-2)6-9-19-12-16-3;1-4-12(2,3)11(14)15-10-7-5-9(13)6-8-10;1-4-9(2,3)8(18)19-6-10(14,15)5-11(16,17)7(12)13/h2*20H,6H2,1-5H3;4-12H2,1-3H3;5-8,13H,4H2,1-3H3;7H,4-6H2,1-3H3. The molecule has 564 valence electrons. The van der Waals surface area contributed by atoms with Crippen LogP contribution in [-0.4, -0.2) is 197 Å². The normalized spacial score (nSPS) is 13.4. The Morgan fingerprint density at radius 1 is 0.453 bits per heavy atom. The first kappa shape index (κ1) is 96.7. The van der Waals surface area contributed by atoms with Crippen LogP contribution in [0.15, 0.2) is 24.3 Å². The molecular formula is C59H95F18NO17. The molecule has 1 aromatic rings. The molecule has 95 heavy (non-hydrogen) atoms. The molecule has 0 amide bonds. The average Bonchev–Trinajstić information content (AvgIpc) is 0.739. The van der Waals surface area contributed by atoms with Crippen LogP contribution in [-0.2, 0) is 61.8 Å². The number of methoxy groups -OCH3 is 3. The summed E-state index contributed by atoms with van der Waals surface area (Å²) < 4.78 is 276. The van der Waals surface area contributed by atoms with E-state index in [-0.39, 0.29) is 24.6 Å². The third-order valence-electron chi connectivity index (χ3n) is 14.4. The van der Waals surface area contributed by atoms with Crippen molar-refractivity contribution in [1.29, 1.82) is 0 Å². The van der Waals surface area contributed by atoms with Gasteiger partial charge in [-0.25, -0.2) is 26.3 Å². The fraction of sp³-hybridized carbons (Fsp3) is 0.831. The van der Waals surface area contributed by atoms with Crippen molar-refractivity contribution in [3.63, 3.8) is 0 Å². The molecule has 0 aliphatic heterocycles. The summed E-state index contributed by atoms with van der Waals surface area (Å²) in [6, 6.07) is 6.11. The average molecular weight is 1430 g/mol. The monoisotopic (exact) mass is 1430 g/mol. The van der Waals surface area contributed by atoms with E-state index in [2.05, 4.69) is 19.1 Å². The second-order valence-corrected chi connectivity index (χ2v) is 24.5. The van der Waals surface area contributed by atoms with Crippen molar-refractivity contribution < 1.29 is 161 Å². The maximum Gasteiger partial charge on any atom is 0.430 e. The number of halogens is 18. The fourth-order valence-corrected chi connectivity index (χ4v) is 6.09. The van der Waals surface area contributed by atoms with Gasteiger partial charge in [-0.15, -0.1) is 0 Å².